The summed E-state index contributed by atoms with van der Waals surface area (Å²) >= 11 is 1.01. The van der Waals surface area contributed by atoms with Gasteiger partial charge in [0.15, 0.2) is 0 Å². The average Bonchev–Trinajstić information content (AvgIpc) is 3.29. The van der Waals surface area contributed by atoms with Gasteiger partial charge in [-0.15, -0.1) is 0 Å². The number of carbonyl (C=O) groups excluding carboxylic acids is 3. The SMILES string of the molecule is CCCCN1C(=O)S/C(=C\c2cn(CC(=O)N3CCCC[C@H]3C)c3c(CC)cccc23)C1=O. The van der Waals surface area contributed by atoms with Crippen LogP contribution in [0, 0.1) is 0 Å². The molecule has 0 radical (unpaired) electrons. The van der Waals surface area contributed by atoms with E-state index in [0.29, 0.717) is 11.4 Å². The summed E-state index contributed by atoms with van der Waals surface area (Å²) in [7, 11) is 0. The number of hydrogen-bond donors (Lipinski definition) is 0. The Hall–Kier alpha value is -2.54. The Balaban J connectivity index is 1.69. The van der Waals surface area contributed by atoms with Crippen molar-refractivity contribution in [2.75, 3.05) is 13.1 Å². The maximum atomic E-state index is 13.2. The molecule has 0 saturated carbocycles. The molecular formula is C26H33N3O3S. The number of thioether (sulfide) groups is 1. The smallest absolute Gasteiger partial charge is 0.293 e. The molecule has 6 nitrogen and oxygen atoms in total. The van der Waals surface area contributed by atoms with Gasteiger partial charge in [0, 0.05) is 36.3 Å². The molecule has 0 aliphatic carbocycles. The summed E-state index contributed by atoms with van der Waals surface area (Å²) in [5.74, 6) is -0.0827. The van der Waals surface area contributed by atoms with Crippen molar-refractivity contribution in [1.82, 2.24) is 14.4 Å². The number of piperidine rings is 1. The Kier molecular flexibility index (Phi) is 7.27. The number of benzene rings is 1. The first kappa shape index (κ1) is 23.6. The Morgan fingerprint density at radius 3 is 2.76 bits per heavy atom. The van der Waals surface area contributed by atoms with E-state index in [2.05, 4.69) is 19.9 Å². The summed E-state index contributed by atoms with van der Waals surface area (Å²) in [5.41, 5.74) is 3.08. The lowest BCUT2D eigenvalue weighted by Gasteiger charge is -2.33. The molecule has 0 N–H and O–H groups in total. The minimum Gasteiger partial charge on any atom is -0.338 e. The highest BCUT2D eigenvalue weighted by molar-refractivity contribution is 8.18. The first-order valence-corrected chi connectivity index (χ1v) is 12.9. The van der Waals surface area contributed by atoms with Gasteiger partial charge >= 0.3 is 0 Å². The number of fused-ring (bicyclic) bond motifs is 1. The van der Waals surface area contributed by atoms with E-state index in [0.717, 1.165) is 66.9 Å². The van der Waals surface area contributed by atoms with Crippen molar-refractivity contribution in [3.05, 3.63) is 40.4 Å². The molecule has 7 heteroatoms. The molecule has 2 aliphatic heterocycles. The zero-order valence-corrected chi connectivity index (χ0v) is 20.6. The first-order valence-electron chi connectivity index (χ1n) is 12.1. The molecule has 176 valence electrons. The van der Waals surface area contributed by atoms with Crippen LogP contribution in [0.5, 0.6) is 0 Å². The van der Waals surface area contributed by atoms with Crippen LogP contribution in [0.1, 0.15) is 64.0 Å². The van der Waals surface area contributed by atoms with Crippen LogP contribution in [0.25, 0.3) is 17.0 Å². The van der Waals surface area contributed by atoms with E-state index in [-0.39, 0.29) is 29.6 Å². The molecule has 0 unspecified atom stereocenters. The van der Waals surface area contributed by atoms with Crippen molar-refractivity contribution in [3.63, 3.8) is 0 Å². The Labute approximate surface area is 200 Å². The average molecular weight is 468 g/mol. The number of aryl methyl sites for hydroxylation is 1. The third-order valence-electron chi connectivity index (χ3n) is 6.72. The van der Waals surface area contributed by atoms with Gasteiger partial charge in [0.1, 0.15) is 6.54 Å². The van der Waals surface area contributed by atoms with Gasteiger partial charge < -0.3 is 9.47 Å². The highest BCUT2D eigenvalue weighted by Gasteiger charge is 2.34. The lowest BCUT2D eigenvalue weighted by Crippen LogP contribution is -2.43. The zero-order chi connectivity index (χ0) is 23.5. The van der Waals surface area contributed by atoms with Crippen LogP contribution in [0.4, 0.5) is 4.79 Å². The topological polar surface area (TPSA) is 62.6 Å². The Morgan fingerprint density at radius 2 is 2.03 bits per heavy atom. The molecule has 1 atom stereocenters. The molecule has 2 aliphatic rings. The van der Waals surface area contributed by atoms with E-state index in [9.17, 15) is 14.4 Å². The minimum atomic E-state index is -0.218. The summed E-state index contributed by atoms with van der Waals surface area (Å²) < 4.78 is 2.03. The number of imide groups is 1. The van der Waals surface area contributed by atoms with Crippen molar-refractivity contribution in [2.45, 2.75) is 71.9 Å². The van der Waals surface area contributed by atoms with Crippen molar-refractivity contribution < 1.29 is 14.4 Å². The van der Waals surface area contributed by atoms with Crippen molar-refractivity contribution in [1.29, 1.82) is 0 Å². The van der Waals surface area contributed by atoms with Crippen LogP contribution in [0.15, 0.2) is 29.3 Å². The predicted molar refractivity (Wildman–Crippen MR) is 134 cm³/mol. The fraction of sp³-hybridized carbons (Fsp3) is 0.500. The monoisotopic (exact) mass is 467 g/mol. The Bertz CT molecular complexity index is 1100. The van der Waals surface area contributed by atoms with Gasteiger partial charge in [-0.2, -0.15) is 0 Å². The van der Waals surface area contributed by atoms with Crippen LogP contribution in [-0.4, -0.2) is 50.6 Å². The lowest BCUT2D eigenvalue weighted by molar-refractivity contribution is -0.135. The summed E-state index contributed by atoms with van der Waals surface area (Å²) in [5, 5.41) is 0.807. The second-order valence-corrected chi connectivity index (χ2v) is 9.99. The number of hydrogen-bond acceptors (Lipinski definition) is 4. The van der Waals surface area contributed by atoms with Crippen LogP contribution < -0.4 is 0 Å². The number of para-hydroxylation sites is 1. The number of unbranched alkanes of at least 4 members (excludes halogenated alkanes) is 1. The number of rotatable bonds is 7. The molecule has 2 saturated heterocycles. The normalized spacial score (nSPS) is 20.5. The number of likely N-dealkylation sites (tertiary alicyclic amines) is 1. The Morgan fingerprint density at radius 1 is 1.21 bits per heavy atom. The highest BCUT2D eigenvalue weighted by atomic mass is 32.2. The largest absolute Gasteiger partial charge is 0.338 e. The number of nitrogens with zero attached hydrogens (tertiary/aromatic N) is 3. The quantitative estimate of drug-likeness (QED) is 0.509. The molecule has 1 aromatic heterocycles. The first-order chi connectivity index (χ1) is 15.9. The summed E-state index contributed by atoms with van der Waals surface area (Å²) in [4.78, 5) is 42.2. The third-order valence-corrected chi connectivity index (χ3v) is 7.63. The second-order valence-electron chi connectivity index (χ2n) is 9.00. The van der Waals surface area contributed by atoms with Gasteiger partial charge in [0.2, 0.25) is 5.91 Å². The molecule has 33 heavy (non-hydrogen) atoms. The van der Waals surface area contributed by atoms with Crippen LogP contribution >= 0.6 is 11.8 Å². The second kappa shape index (κ2) is 10.2. The molecule has 0 bridgehead atoms. The van der Waals surface area contributed by atoms with Crippen molar-refractivity contribution >= 4 is 45.8 Å². The zero-order valence-electron chi connectivity index (χ0n) is 19.8. The molecule has 1 aromatic carbocycles. The fourth-order valence-electron chi connectivity index (χ4n) is 4.85. The van der Waals surface area contributed by atoms with Gasteiger partial charge in [0.25, 0.3) is 11.1 Å². The van der Waals surface area contributed by atoms with Gasteiger partial charge in [-0.05, 0) is 62.4 Å². The summed E-state index contributed by atoms with van der Waals surface area (Å²) in [6.07, 6.45) is 9.66. The van der Waals surface area contributed by atoms with E-state index >= 15 is 0 Å². The maximum absolute atomic E-state index is 13.2. The number of amides is 3. The standard InChI is InChI=1S/C26H33N3O3S/c1-4-6-13-29-25(31)22(33-26(29)32)15-20-16-27(24-19(5-2)11-9-12-21(20)24)17-23(30)28-14-8-7-10-18(28)3/h9,11-12,15-16,18H,4-8,10,13-14,17H2,1-3H3/b22-15-/t18-/m1/s1. The number of aromatic nitrogens is 1. The molecule has 0 spiro atoms. The van der Waals surface area contributed by atoms with Crippen LogP contribution in [0.3, 0.4) is 0 Å². The van der Waals surface area contributed by atoms with Gasteiger partial charge in [0.05, 0.1) is 10.4 Å². The third kappa shape index (κ3) is 4.74. The van der Waals surface area contributed by atoms with Gasteiger partial charge in [-0.25, -0.2) is 0 Å². The molecule has 2 aromatic rings. The van der Waals surface area contributed by atoms with Crippen LogP contribution in [-0.2, 0) is 22.6 Å². The van der Waals surface area contributed by atoms with Gasteiger partial charge in [-0.3, -0.25) is 19.3 Å². The van der Waals surface area contributed by atoms with Crippen LogP contribution in [0.2, 0.25) is 0 Å². The molecule has 4 rings (SSSR count). The highest BCUT2D eigenvalue weighted by Crippen LogP contribution is 2.35. The molecule has 3 amide bonds. The van der Waals surface area contributed by atoms with E-state index in [1.54, 1.807) is 0 Å². The van der Waals surface area contributed by atoms with E-state index < -0.39 is 0 Å². The van der Waals surface area contributed by atoms with Crippen molar-refractivity contribution in [2.24, 2.45) is 0 Å². The minimum absolute atomic E-state index is 0.136. The van der Waals surface area contributed by atoms with E-state index in [4.69, 9.17) is 0 Å². The van der Waals surface area contributed by atoms with E-state index in [1.807, 2.05) is 40.8 Å². The maximum Gasteiger partial charge on any atom is 0.293 e. The summed E-state index contributed by atoms with van der Waals surface area (Å²) in [6, 6.07) is 6.42. The lowest BCUT2D eigenvalue weighted by atomic mass is 10.0. The van der Waals surface area contributed by atoms with Gasteiger partial charge in [-0.1, -0.05) is 38.5 Å². The molecule has 2 fully saturated rings. The predicted octanol–water partition coefficient (Wildman–Crippen LogP) is 5.44. The van der Waals surface area contributed by atoms with E-state index in [1.165, 1.54) is 16.9 Å². The van der Waals surface area contributed by atoms with Crippen molar-refractivity contribution in [3.8, 4) is 0 Å². The summed E-state index contributed by atoms with van der Waals surface area (Å²) in [6.45, 7) is 7.84. The molecular weight excluding hydrogens is 434 g/mol. The number of carbonyl (C=O) groups is 3. The fourth-order valence-corrected chi connectivity index (χ4v) is 5.70. The molecule has 3 heterocycles.